The number of rotatable bonds is 3. The molecule has 4 heteroatoms. The van der Waals surface area contributed by atoms with Crippen LogP contribution in [0.15, 0.2) is 103 Å². The van der Waals surface area contributed by atoms with Gasteiger partial charge >= 0.3 is 215 Å². The minimum absolute atomic E-state index is 0.410. The molecule has 2 nitrogen and oxygen atoms in total. The van der Waals surface area contributed by atoms with Crippen LogP contribution in [0.5, 0.6) is 0 Å². The molecule has 0 aliphatic heterocycles. The summed E-state index contributed by atoms with van der Waals surface area (Å²) in [6.07, 6.45) is 2.21. The number of para-hydroxylation sites is 2. The van der Waals surface area contributed by atoms with Gasteiger partial charge in [0.2, 0.25) is 0 Å². The van der Waals surface area contributed by atoms with Crippen LogP contribution >= 0.6 is 11.3 Å². The van der Waals surface area contributed by atoms with Gasteiger partial charge in [-0.3, -0.25) is 0 Å². The summed E-state index contributed by atoms with van der Waals surface area (Å²) in [5.41, 5.74) is 5.01. The first-order valence-corrected chi connectivity index (χ1v) is 15.1. The number of hydrogen-bond acceptors (Lipinski definition) is 1. The first-order chi connectivity index (χ1) is 17.2. The Morgan fingerprint density at radius 3 is 2.09 bits per heavy atom. The van der Waals surface area contributed by atoms with Crippen LogP contribution in [0, 0.1) is 0 Å². The van der Waals surface area contributed by atoms with Crippen molar-refractivity contribution in [2.24, 2.45) is 7.05 Å². The molecule has 0 spiro atoms. The number of aromatic nitrogens is 2. The quantitative estimate of drug-likeness (QED) is 0.170. The van der Waals surface area contributed by atoms with Crippen LogP contribution in [0.25, 0.3) is 58.9 Å². The minimum atomic E-state index is 0.410. The van der Waals surface area contributed by atoms with Crippen LogP contribution in [0.3, 0.4) is 0 Å². The van der Waals surface area contributed by atoms with E-state index in [2.05, 4.69) is 125 Å². The van der Waals surface area contributed by atoms with E-state index in [0.717, 1.165) is 0 Å². The van der Waals surface area contributed by atoms with Crippen molar-refractivity contribution >= 4 is 73.4 Å². The summed E-state index contributed by atoms with van der Waals surface area (Å²) in [5.74, 6) is 2.33. The first kappa shape index (κ1) is 20.9. The average Bonchev–Trinajstić information content (AvgIpc) is 3.44. The predicted octanol–water partition coefficient (Wildman–Crippen LogP) is 7.02. The van der Waals surface area contributed by atoms with Crippen molar-refractivity contribution in [1.29, 1.82) is 0 Å². The molecule has 0 unspecified atom stereocenters. The van der Waals surface area contributed by atoms with Crippen LogP contribution in [-0.4, -0.2) is 19.5 Å². The molecule has 0 N–H and O–H groups in total. The van der Waals surface area contributed by atoms with Gasteiger partial charge in [-0.05, 0) is 0 Å². The normalized spacial score (nSPS) is 11.8. The van der Waals surface area contributed by atoms with Gasteiger partial charge in [0.05, 0.1) is 0 Å². The molecule has 7 aromatic rings. The Morgan fingerprint density at radius 1 is 0.714 bits per heavy atom. The van der Waals surface area contributed by atoms with Gasteiger partial charge in [-0.25, -0.2) is 0 Å². The number of aryl methyl sites for hydroxylation is 1. The van der Waals surface area contributed by atoms with Crippen molar-refractivity contribution in [1.82, 2.24) is 4.57 Å². The number of pyridine rings is 1. The van der Waals surface area contributed by atoms with Crippen LogP contribution in [0.2, 0.25) is 5.82 Å². The summed E-state index contributed by atoms with van der Waals surface area (Å²) in [6, 6.07) is 35.5. The van der Waals surface area contributed by atoms with Gasteiger partial charge in [0.25, 0.3) is 0 Å². The third kappa shape index (κ3) is 3.11. The second-order valence-corrected chi connectivity index (χ2v) is 11.6. The summed E-state index contributed by atoms with van der Waals surface area (Å²) in [6.45, 7) is 0. The fraction of sp³-hybridized carbons (Fsp3) is 0.0645. The average molecular weight is 535 g/mol. The van der Waals surface area contributed by atoms with Crippen LogP contribution in [0.4, 0.5) is 0 Å². The van der Waals surface area contributed by atoms with Gasteiger partial charge in [0.15, 0.2) is 0 Å². The van der Waals surface area contributed by atoms with Crippen molar-refractivity contribution in [3.8, 4) is 16.3 Å². The van der Waals surface area contributed by atoms with E-state index in [4.69, 9.17) is 0 Å². The summed E-state index contributed by atoms with van der Waals surface area (Å²) in [4.78, 5) is 1.41. The van der Waals surface area contributed by atoms with Crippen LogP contribution < -0.4 is 9.03 Å². The zero-order valence-electron chi connectivity index (χ0n) is 19.5. The molecule has 0 bridgehead atoms. The number of nitrogens with zero attached hydrogens (tertiary/aromatic N) is 2. The summed E-state index contributed by atoms with van der Waals surface area (Å²) < 4.78 is 7.58. The SMILES string of the molecule is C[Se]c1c(-c2c3ccc(-n4c5ccccc5c5ccccc54)cc3cc[n+]2C)sc2ccccc12. The van der Waals surface area contributed by atoms with E-state index in [-0.39, 0.29) is 0 Å². The Hall–Kier alpha value is -3.43. The monoisotopic (exact) mass is 535 g/mol. The van der Waals surface area contributed by atoms with E-state index in [1.807, 2.05) is 11.3 Å². The van der Waals surface area contributed by atoms with E-state index >= 15 is 0 Å². The van der Waals surface area contributed by atoms with Crippen LogP contribution in [-0.2, 0) is 7.05 Å². The molecule has 0 fully saturated rings. The molecular formula is C31H23N2SSe+. The Kier molecular flexibility index (Phi) is 4.82. The summed E-state index contributed by atoms with van der Waals surface area (Å²) in [7, 11) is 2.17. The van der Waals surface area contributed by atoms with Crippen molar-refractivity contribution in [3.63, 3.8) is 0 Å². The molecule has 0 atom stereocenters. The van der Waals surface area contributed by atoms with Crippen molar-refractivity contribution in [3.05, 3.63) is 103 Å². The fourth-order valence-electron chi connectivity index (χ4n) is 5.36. The number of benzene rings is 4. The number of hydrogen-bond donors (Lipinski definition) is 0. The molecule has 168 valence electrons. The van der Waals surface area contributed by atoms with E-state index in [1.54, 1.807) is 0 Å². The van der Waals surface area contributed by atoms with Gasteiger partial charge < -0.3 is 0 Å². The number of fused-ring (bicyclic) bond motifs is 5. The molecule has 4 aromatic carbocycles. The third-order valence-electron chi connectivity index (χ3n) is 6.93. The third-order valence-corrected chi connectivity index (χ3v) is 10.1. The molecule has 0 saturated heterocycles. The van der Waals surface area contributed by atoms with E-state index < -0.39 is 0 Å². The van der Waals surface area contributed by atoms with E-state index in [9.17, 15) is 0 Å². The van der Waals surface area contributed by atoms with Gasteiger partial charge in [0.1, 0.15) is 0 Å². The maximum absolute atomic E-state index is 2.40. The molecule has 0 aliphatic carbocycles. The van der Waals surface area contributed by atoms with Gasteiger partial charge in [-0.15, -0.1) is 0 Å². The fourth-order valence-corrected chi connectivity index (χ4v) is 8.83. The molecule has 3 aromatic heterocycles. The Labute approximate surface area is 214 Å². The first-order valence-electron chi connectivity index (χ1n) is 11.7. The molecule has 3 heterocycles. The van der Waals surface area contributed by atoms with Crippen molar-refractivity contribution < 1.29 is 4.57 Å². The van der Waals surface area contributed by atoms with Gasteiger partial charge in [-0.1, -0.05) is 0 Å². The number of thiophene rings is 1. The van der Waals surface area contributed by atoms with E-state index in [0.29, 0.717) is 15.0 Å². The van der Waals surface area contributed by atoms with E-state index in [1.165, 1.54) is 63.4 Å². The molecule has 7 rings (SSSR count). The molecule has 0 amide bonds. The molecule has 0 aliphatic rings. The van der Waals surface area contributed by atoms with Crippen molar-refractivity contribution in [2.75, 3.05) is 0 Å². The molecular weight excluding hydrogens is 511 g/mol. The van der Waals surface area contributed by atoms with Gasteiger partial charge in [0, 0.05) is 0 Å². The Bertz CT molecular complexity index is 1860. The summed E-state index contributed by atoms with van der Waals surface area (Å²) in [5, 5.41) is 6.57. The second kappa shape index (κ2) is 8.06. The summed E-state index contributed by atoms with van der Waals surface area (Å²) >= 11 is 2.34. The van der Waals surface area contributed by atoms with Gasteiger partial charge in [-0.2, -0.15) is 0 Å². The van der Waals surface area contributed by atoms with Crippen molar-refractivity contribution in [2.45, 2.75) is 5.82 Å². The second-order valence-electron chi connectivity index (χ2n) is 8.88. The predicted molar refractivity (Wildman–Crippen MR) is 152 cm³/mol. The zero-order chi connectivity index (χ0) is 23.5. The Morgan fingerprint density at radius 2 is 1.37 bits per heavy atom. The van der Waals surface area contributed by atoms with Crippen LogP contribution in [0.1, 0.15) is 0 Å². The molecule has 35 heavy (non-hydrogen) atoms. The molecule has 0 radical (unpaired) electrons. The standard InChI is InChI=1S/C31H23N2SSe/c1-32-18-17-20-19-21(33-26-12-6-3-9-23(26)24-10-4-7-13-27(24)33)15-16-22(20)29(32)30-31(35-2)25-11-5-8-14-28(25)34-30/h3-19H,1-2H3/q+1. The maximum atomic E-state index is 2.40. The zero-order valence-corrected chi connectivity index (χ0v) is 22.1. The Balaban J connectivity index is 1.50. The topological polar surface area (TPSA) is 8.81 Å². The molecule has 0 saturated carbocycles.